The van der Waals surface area contributed by atoms with Gasteiger partial charge in [0.05, 0.1) is 0 Å². The van der Waals surface area contributed by atoms with E-state index in [1.165, 1.54) is 18.2 Å². The highest BCUT2D eigenvalue weighted by molar-refractivity contribution is 6.31. The summed E-state index contributed by atoms with van der Waals surface area (Å²) in [6.45, 7) is 1.90. The van der Waals surface area contributed by atoms with Gasteiger partial charge >= 0.3 is 0 Å². The smallest absolute Gasteiger partial charge is 0.255 e. The van der Waals surface area contributed by atoms with Crippen LogP contribution in [-0.4, -0.2) is 13.0 Å². The van der Waals surface area contributed by atoms with Gasteiger partial charge in [0.15, 0.2) is 0 Å². The normalized spacial score (nSPS) is 10.2. The number of amides is 1. The first-order valence-electron chi connectivity index (χ1n) is 6.05. The van der Waals surface area contributed by atoms with Crippen molar-refractivity contribution >= 4 is 28.9 Å². The van der Waals surface area contributed by atoms with Crippen LogP contribution in [0.1, 0.15) is 15.9 Å². The van der Waals surface area contributed by atoms with Crippen LogP contribution in [0.15, 0.2) is 36.4 Å². The van der Waals surface area contributed by atoms with Crippen LogP contribution in [0.2, 0.25) is 5.02 Å². The van der Waals surface area contributed by atoms with Crippen LogP contribution in [0.3, 0.4) is 0 Å². The second-order valence-electron chi connectivity index (χ2n) is 4.39. The topological polar surface area (TPSA) is 41.1 Å². The van der Waals surface area contributed by atoms with E-state index in [0.717, 1.165) is 11.3 Å². The third-order valence-corrected chi connectivity index (χ3v) is 3.10. The Morgan fingerprint density at radius 3 is 2.55 bits per heavy atom. The van der Waals surface area contributed by atoms with Crippen molar-refractivity contribution in [1.29, 1.82) is 0 Å². The maximum absolute atomic E-state index is 13.2. The summed E-state index contributed by atoms with van der Waals surface area (Å²) in [4.78, 5) is 12.1. The molecule has 5 heteroatoms. The van der Waals surface area contributed by atoms with E-state index < -0.39 is 5.82 Å². The Morgan fingerprint density at radius 1 is 1.20 bits per heavy atom. The lowest BCUT2D eigenvalue weighted by atomic mass is 10.1. The van der Waals surface area contributed by atoms with Crippen molar-refractivity contribution in [1.82, 2.24) is 0 Å². The van der Waals surface area contributed by atoms with Gasteiger partial charge in [-0.3, -0.25) is 4.79 Å². The quantitative estimate of drug-likeness (QED) is 0.895. The highest BCUT2D eigenvalue weighted by Crippen LogP contribution is 2.20. The third-order valence-electron chi connectivity index (χ3n) is 2.88. The van der Waals surface area contributed by atoms with Crippen molar-refractivity contribution in [3.05, 3.63) is 58.4 Å². The Labute approximate surface area is 121 Å². The first-order valence-corrected chi connectivity index (χ1v) is 6.43. The molecule has 2 rings (SSSR count). The molecular formula is C15H14ClFN2O. The Morgan fingerprint density at radius 2 is 1.95 bits per heavy atom. The van der Waals surface area contributed by atoms with Gasteiger partial charge in [0.2, 0.25) is 0 Å². The van der Waals surface area contributed by atoms with Gasteiger partial charge in [-0.2, -0.15) is 0 Å². The number of anilines is 2. The Hall–Kier alpha value is -2.07. The highest BCUT2D eigenvalue weighted by Gasteiger charge is 2.09. The Bertz CT molecular complexity index is 638. The molecule has 0 aliphatic heterocycles. The van der Waals surface area contributed by atoms with Gasteiger partial charge in [0, 0.05) is 29.0 Å². The van der Waals surface area contributed by atoms with Crippen LogP contribution >= 0.6 is 11.6 Å². The SMILES string of the molecule is CNc1ccc(C(=O)Nc2cc(F)cc(Cl)c2)cc1C. The molecule has 0 unspecified atom stereocenters. The number of nitrogens with one attached hydrogen (secondary N) is 2. The molecule has 0 saturated heterocycles. The molecule has 0 spiro atoms. The van der Waals surface area contributed by atoms with Gasteiger partial charge in [-0.15, -0.1) is 0 Å². The molecule has 104 valence electrons. The lowest BCUT2D eigenvalue weighted by molar-refractivity contribution is 0.102. The van der Waals surface area contributed by atoms with Crippen LogP contribution in [0.4, 0.5) is 15.8 Å². The number of carbonyl (C=O) groups is 1. The summed E-state index contributed by atoms with van der Waals surface area (Å²) in [6.07, 6.45) is 0. The second kappa shape index (κ2) is 5.92. The van der Waals surface area contributed by atoms with E-state index in [4.69, 9.17) is 11.6 Å². The molecule has 2 N–H and O–H groups in total. The number of halogens is 2. The van der Waals surface area contributed by atoms with Crippen molar-refractivity contribution in [3.63, 3.8) is 0 Å². The van der Waals surface area contributed by atoms with Gasteiger partial charge < -0.3 is 10.6 Å². The zero-order valence-electron chi connectivity index (χ0n) is 11.1. The predicted octanol–water partition coefficient (Wildman–Crippen LogP) is 4.08. The number of aryl methyl sites for hydroxylation is 1. The molecule has 0 bridgehead atoms. The minimum absolute atomic E-state index is 0.238. The molecule has 1 amide bonds. The molecule has 20 heavy (non-hydrogen) atoms. The van der Waals surface area contributed by atoms with Gasteiger partial charge in [-0.05, 0) is 48.9 Å². The molecule has 0 radical (unpaired) electrons. The minimum Gasteiger partial charge on any atom is -0.388 e. The predicted molar refractivity (Wildman–Crippen MR) is 80.1 cm³/mol. The summed E-state index contributed by atoms with van der Waals surface area (Å²) in [5.74, 6) is -0.799. The molecular weight excluding hydrogens is 279 g/mol. The maximum atomic E-state index is 13.2. The van der Waals surface area contributed by atoms with Crippen LogP contribution < -0.4 is 10.6 Å². The summed E-state index contributed by atoms with van der Waals surface area (Å²) in [6, 6.07) is 9.19. The largest absolute Gasteiger partial charge is 0.388 e. The lowest BCUT2D eigenvalue weighted by Crippen LogP contribution is -2.12. The number of carbonyl (C=O) groups excluding carboxylic acids is 1. The summed E-state index contributed by atoms with van der Waals surface area (Å²) >= 11 is 5.74. The second-order valence-corrected chi connectivity index (χ2v) is 4.83. The van der Waals surface area contributed by atoms with E-state index in [1.54, 1.807) is 12.1 Å². The minimum atomic E-state index is -0.491. The Kier molecular flexibility index (Phi) is 4.25. The van der Waals surface area contributed by atoms with E-state index >= 15 is 0 Å². The lowest BCUT2D eigenvalue weighted by Gasteiger charge is -2.09. The fraction of sp³-hybridized carbons (Fsp3) is 0.133. The zero-order valence-corrected chi connectivity index (χ0v) is 11.9. The molecule has 2 aromatic carbocycles. The highest BCUT2D eigenvalue weighted by atomic mass is 35.5. The van der Waals surface area contributed by atoms with Crippen molar-refractivity contribution in [3.8, 4) is 0 Å². The average Bonchev–Trinajstić information content (AvgIpc) is 2.37. The van der Waals surface area contributed by atoms with Gasteiger partial charge in [0.25, 0.3) is 5.91 Å². The van der Waals surface area contributed by atoms with Crippen LogP contribution in [0.5, 0.6) is 0 Å². The zero-order chi connectivity index (χ0) is 14.7. The van der Waals surface area contributed by atoms with Crippen molar-refractivity contribution < 1.29 is 9.18 Å². The van der Waals surface area contributed by atoms with Gasteiger partial charge in [-0.1, -0.05) is 11.6 Å². The van der Waals surface area contributed by atoms with Crippen LogP contribution in [0.25, 0.3) is 0 Å². The fourth-order valence-corrected chi connectivity index (χ4v) is 2.14. The first kappa shape index (κ1) is 14.3. The van der Waals surface area contributed by atoms with Crippen molar-refractivity contribution in [2.24, 2.45) is 0 Å². The molecule has 0 aliphatic carbocycles. The molecule has 0 aliphatic rings. The summed E-state index contributed by atoms with van der Waals surface area (Å²) in [7, 11) is 1.82. The Balaban J connectivity index is 2.21. The van der Waals surface area contributed by atoms with E-state index in [-0.39, 0.29) is 10.9 Å². The molecule has 2 aromatic rings. The fourth-order valence-electron chi connectivity index (χ4n) is 1.91. The molecule has 0 atom stereocenters. The van der Waals surface area contributed by atoms with E-state index in [0.29, 0.717) is 11.3 Å². The molecule has 0 heterocycles. The monoisotopic (exact) mass is 292 g/mol. The van der Waals surface area contributed by atoms with E-state index in [2.05, 4.69) is 10.6 Å². The third kappa shape index (κ3) is 3.27. The summed E-state index contributed by atoms with van der Waals surface area (Å²) in [5.41, 5.74) is 2.74. The van der Waals surface area contributed by atoms with Crippen LogP contribution in [0, 0.1) is 12.7 Å². The first-order chi connectivity index (χ1) is 9.49. The number of hydrogen-bond donors (Lipinski definition) is 2. The number of benzene rings is 2. The maximum Gasteiger partial charge on any atom is 0.255 e. The molecule has 3 nitrogen and oxygen atoms in total. The van der Waals surface area contributed by atoms with Gasteiger partial charge in [-0.25, -0.2) is 4.39 Å². The standard InChI is InChI=1S/C15H14ClFN2O/c1-9-5-10(3-4-14(9)18-2)15(20)19-13-7-11(16)6-12(17)8-13/h3-8,18H,1-2H3,(H,19,20). The summed E-state index contributed by atoms with van der Waals surface area (Å²) in [5, 5.41) is 5.89. The molecule has 0 fully saturated rings. The van der Waals surface area contributed by atoms with Gasteiger partial charge in [0.1, 0.15) is 5.82 Å². The van der Waals surface area contributed by atoms with Crippen molar-refractivity contribution in [2.75, 3.05) is 17.7 Å². The number of hydrogen-bond acceptors (Lipinski definition) is 2. The van der Waals surface area contributed by atoms with E-state index in [9.17, 15) is 9.18 Å². The summed E-state index contributed by atoms with van der Waals surface area (Å²) < 4.78 is 13.2. The average molecular weight is 293 g/mol. The van der Waals surface area contributed by atoms with Crippen LogP contribution in [-0.2, 0) is 0 Å². The van der Waals surface area contributed by atoms with E-state index in [1.807, 2.05) is 20.0 Å². The molecule has 0 saturated carbocycles. The molecule has 0 aromatic heterocycles. The number of rotatable bonds is 3. The van der Waals surface area contributed by atoms with Crippen molar-refractivity contribution in [2.45, 2.75) is 6.92 Å².